The molecule has 1 saturated heterocycles. The molecular formula is C13H27N3O. The SMILES string of the molecule is CC(CCN)C(=O)N(C)CCC1CCN(C)C1. The fourth-order valence-corrected chi connectivity index (χ4v) is 2.50. The molecule has 2 unspecified atom stereocenters. The summed E-state index contributed by atoms with van der Waals surface area (Å²) in [4.78, 5) is 16.2. The molecule has 100 valence electrons. The van der Waals surface area contributed by atoms with Crippen molar-refractivity contribution in [3.05, 3.63) is 0 Å². The van der Waals surface area contributed by atoms with Crippen LogP contribution in [0.3, 0.4) is 0 Å². The Balaban J connectivity index is 2.24. The smallest absolute Gasteiger partial charge is 0.225 e. The Morgan fingerprint density at radius 3 is 2.82 bits per heavy atom. The van der Waals surface area contributed by atoms with Crippen LogP contribution in [0.4, 0.5) is 0 Å². The van der Waals surface area contributed by atoms with Crippen molar-refractivity contribution in [1.29, 1.82) is 0 Å². The quantitative estimate of drug-likeness (QED) is 0.747. The van der Waals surface area contributed by atoms with E-state index < -0.39 is 0 Å². The van der Waals surface area contributed by atoms with Crippen LogP contribution in [-0.4, -0.2) is 56.0 Å². The van der Waals surface area contributed by atoms with Gasteiger partial charge in [0.05, 0.1) is 0 Å². The average Bonchev–Trinajstić information content (AvgIpc) is 2.71. The van der Waals surface area contributed by atoms with Gasteiger partial charge in [-0.1, -0.05) is 6.92 Å². The van der Waals surface area contributed by atoms with E-state index in [2.05, 4.69) is 11.9 Å². The standard InChI is InChI=1S/C13H27N3O/c1-11(4-7-14)13(17)16(3)9-6-12-5-8-15(2)10-12/h11-12H,4-10,14H2,1-3H3. The number of carbonyl (C=O) groups excluding carboxylic acids is 1. The van der Waals surface area contributed by atoms with Crippen molar-refractivity contribution < 1.29 is 4.79 Å². The second-order valence-corrected chi connectivity index (χ2v) is 5.44. The van der Waals surface area contributed by atoms with Crippen LogP contribution in [0.25, 0.3) is 0 Å². The molecule has 17 heavy (non-hydrogen) atoms. The van der Waals surface area contributed by atoms with Gasteiger partial charge in [0.25, 0.3) is 0 Å². The molecule has 1 aliphatic heterocycles. The molecular weight excluding hydrogens is 214 g/mol. The molecule has 0 spiro atoms. The Bertz CT molecular complexity index is 245. The molecule has 0 aromatic heterocycles. The van der Waals surface area contributed by atoms with Crippen molar-refractivity contribution in [3.8, 4) is 0 Å². The average molecular weight is 241 g/mol. The second-order valence-electron chi connectivity index (χ2n) is 5.44. The van der Waals surface area contributed by atoms with Crippen LogP contribution in [0.2, 0.25) is 0 Å². The van der Waals surface area contributed by atoms with Gasteiger partial charge in [0.15, 0.2) is 0 Å². The summed E-state index contributed by atoms with van der Waals surface area (Å²) in [5.41, 5.74) is 5.48. The highest BCUT2D eigenvalue weighted by molar-refractivity contribution is 5.78. The zero-order chi connectivity index (χ0) is 12.8. The summed E-state index contributed by atoms with van der Waals surface area (Å²) in [6.45, 7) is 5.82. The van der Waals surface area contributed by atoms with E-state index in [-0.39, 0.29) is 11.8 Å². The van der Waals surface area contributed by atoms with Crippen LogP contribution >= 0.6 is 0 Å². The number of amides is 1. The highest BCUT2D eigenvalue weighted by Gasteiger charge is 2.21. The molecule has 1 amide bonds. The molecule has 0 bridgehead atoms. The Morgan fingerprint density at radius 2 is 2.29 bits per heavy atom. The molecule has 1 fully saturated rings. The Morgan fingerprint density at radius 1 is 1.59 bits per heavy atom. The van der Waals surface area contributed by atoms with E-state index >= 15 is 0 Å². The van der Waals surface area contributed by atoms with Gasteiger partial charge < -0.3 is 15.5 Å². The van der Waals surface area contributed by atoms with Crippen LogP contribution in [0.15, 0.2) is 0 Å². The van der Waals surface area contributed by atoms with Crippen molar-refractivity contribution in [1.82, 2.24) is 9.80 Å². The van der Waals surface area contributed by atoms with E-state index in [1.54, 1.807) is 0 Å². The lowest BCUT2D eigenvalue weighted by molar-refractivity contribution is -0.133. The lowest BCUT2D eigenvalue weighted by Crippen LogP contribution is -2.34. The lowest BCUT2D eigenvalue weighted by Gasteiger charge is -2.22. The molecule has 0 aromatic rings. The Labute approximate surface area is 105 Å². The van der Waals surface area contributed by atoms with Crippen LogP contribution in [0.1, 0.15) is 26.2 Å². The number of likely N-dealkylation sites (tertiary alicyclic amines) is 1. The van der Waals surface area contributed by atoms with Crippen molar-refractivity contribution in [2.45, 2.75) is 26.2 Å². The molecule has 1 aliphatic rings. The summed E-state index contributed by atoms with van der Waals surface area (Å²) >= 11 is 0. The Hall–Kier alpha value is -0.610. The summed E-state index contributed by atoms with van der Waals surface area (Å²) in [6, 6.07) is 0. The predicted octanol–water partition coefficient (Wildman–Crippen LogP) is 0.772. The summed E-state index contributed by atoms with van der Waals surface area (Å²) in [5, 5.41) is 0. The minimum absolute atomic E-state index is 0.0660. The van der Waals surface area contributed by atoms with E-state index in [0.29, 0.717) is 6.54 Å². The molecule has 0 aliphatic carbocycles. The van der Waals surface area contributed by atoms with Crippen LogP contribution in [0.5, 0.6) is 0 Å². The van der Waals surface area contributed by atoms with Gasteiger partial charge >= 0.3 is 0 Å². The van der Waals surface area contributed by atoms with E-state index in [0.717, 1.165) is 25.3 Å². The van der Waals surface area contributed by atoms with Crippen molar-refractivity contribution >= 4 is 5.91 Å². The monoisotopic (exact) mass is 241 g/mol. The first-order chi connectivity index (χ1) is 8.04. The fraction of sp³-hybridized carbons (Fsp3) is 0.923. The normalized spacial score (nSPS) is 22.7. The van der Waals surface area contributed by atoms with E-state index in [9.17, 15) is 4.79 Å². The van der Waals surface area contributed by atoms with Gasteiger partial charge in [0.2, 0.25) is 5.91 Å². The maximum absolute atomic E-state index is 12.0. The van der Waals surface area contributed by atoms with Gasteiger partial charge in [-0.25, -0.2) is 0 Å². The van der Waals surface area contributed by atoms with E-state index in [4.69, 9.17) is 5.73 Å². The van der Waals surface area contributed by atoms with Crippen molar-refractivity contribution in [2.75, 3.05) is 40.3 Å². The minimum atomic E-state index is 0.0660. The number of hydrogen-bond acceptors (Lipinski definition) is 3. The third-order valence-corrected chi connectivity index (χ3v) is 3.76. The topological polar surface area (TPSA) is 49.6 Å². The largest absolute Gasteiger partial charge is 0.346 e. The number of rotatable bonds is 6. The maximum atomic E-state index is 12.0. The number of nitrogens with two attached hydrogens (primary N) is 1. The molecule has 0 aromatic carbocycles. The Kier molecular flexibility index (Phi) is 5.92. The lowest BCUT2D eigenvalue weighted by atomic mass is 10.0. The first kappa shape index (κ1) is 14.5. The van der Waals surface area contributed by atoms with Gasteiger partial charge in [0, 0.05) is 26.1 Å². The first-order valence-corrected chi connectivity index (χ1v) is 6.68. The van der Waals surface area contributed by atoms with Gasteiger partial charge in [-0.2, -0.15) is 0 Å². The number of carbonyl (C=O) groups is 1. The molecule has 2 N–H and O–H groups in total. The van der Waals surface area contributed by atoms with E-state index in [1.165, 1.54) is 19.5 Å². The third-order valence-electron chi connectivity index (χ3n) is 3.76. The van der Waals surface area contributed by atoms with Gasteiger partial charge in [0.1, 0.15) is 0 Å². The van der Waals surface area contributed by atoms with E-state index in [1.807, 2.05) is 18.9 Å². The molecule has 1 rings (SSSR count). The predicted molar refractivity (Wildman–Crippen MR) is 70.7 cm³/mol. The number of nitrogens with zero attached hydrogens (tertiary/aromatic N) is 2. The summed E-state index contributed by atoms with van der Waals surface area (Å²) < 4.78 is 0. The highest BCUT2D eigenvalue weighted by Crippen LogP contribution is 2.18. The minimum Gasteiger partial charge on any atom is -0.346 e. The van der Waals surface area contributed by atoms with Gasteiger partial charge in [-0.15, -0.1) is 0 Å². The maximum Gasteiger partial charge on any atom is 0.225 e. The number of hydrogen-bond donors (Lipinski definition) is 1. The van der Waals surface area contributed by atoms with Crippen LogP contribution < -0.4 is 5.73 Å². The van der Waals surface area contributed by atoms with Crippen LogP contribution in [0, 0.1) is 11.8 Å². The summed E-state index contributed by atoms with van der Waals surface area (Å²) in [7, 11) is 4.08. The zero-order valence-corrected chi connectivity index (χ0v) is 11.5. The third kappa shape index (κ3) is 4.64. The van der Waals surface area contributed by atoms with Crippen molar-refractivity contribution in [3.63, 3.8) is 0 Å². The molecule has 2 atom stereocenters. The van der Waals surface area contributed by atoms with Crippen molar-refractivity contribution in [2.24, 2.45) is 17.6 Å². The molecule has 4 heteroatoms. The second kappa shape index (κ2) is 6.97. The molecule has 1 heterocycles. The highest BCUT2D eigenvalue weighted by atomic mass is 16.2. The fourth-order valence-electron chi connectivity index (χ4n) is 2.50. The summed E-state index contributed by atoms with van der Waals surface area (Å²) in [5.74, 6) is 1.07. The van der Waals surface area contributed by atoms with Crippen LogP contribution in [-0.2, 0) is 4.79 Å². The first-order valence-electron chi connectivity index (χ1n) is 6.68. The zero-order valence-electron chi connectivity index (χ0n) is 11.5. The van der Waals surface area contributed by atoms with Gasteiger partial charge in [-0.05, 0) is 45.3 Å². The van der Waals surface area contributed by atoms with Gasteiger partial charge in [-0.3, -0.25) is 4.79 Å². The molecule has 0 radical (unpaired) electrons. The molecule has 4 nitrogen and oxygen atoms in total. The molecule has 0 saturated carbocycles. The summed E-state index contributed by atoms with van der Waals surface area (Å²) in [6.07, 6.45) is 3.19.